The van der Waals surface area contributed by atoms with Crippen LogP contribution >= 0.6 is 11.6 Å². The average molecular weight is 413 g/mol. The maximum atomic E-state index is 11.8. The van der Waals surface area contributed by atoms with Crippen LogP contribution in [0, 0.1) is 0 Å². The molecule has 0 atom stereocenters. The van der Waals surface area contributed by atoms with Crippen molar-refractivity contribution in [1.82, 2.24) is 14.5 Å². The number of carboxylic acids is 1. The molecule has 148 valence electrons. The predicted octanol–water partition coefficient (Wildman–Crippen LogP) is 2.93. The van der Waals surface area contributed by atoms with Gasteiger partial charge in [-0.2, -0.15) is 4.98 Å². The Balaban J connectivity index is 1.98. The van der Waals surface area contributed by atoms with Gasteiger partial charge in [-0.1, -0.05) is 19.6 Å². The largest absolute Gasteiger partial charge is 0.477 e. The minimum absolute atomic E-state index is 0.0951. The SMILES string of the molecule is C[Si](C)(C)CCOCn1c(C(=O)O)cc2nc(Cl)nc(N3CCOCC3)c21. The van der Waals surface area contributed by atoms with Crippen molar-refractivity contribution in [2.24, 2.45) is 0 Å². The minimum atomic E-state index is -1.23. The van der Waals surface area contributed by atoms with E-state index in [0.717, 1.165) is 6.04 Å². The topological polar surface area (TPSA) is 89.7 Å². The molecule has 0 radical (unpaired) electrons. The lowest BCUT2D eigenvalue weighted by Crippen LogP contribution is -2.37. The molecule has 27 heavy (non-hydrogen) atoms. The summed E-state index contributed by atoms with van der Waals surface area (Å²) in [5.41, 5.74) is 1.25. The van der Waals surface area contributed by atoms with Crippen LogP contribution in [0.4, 0.5) is 5.82 Å². The van der Waals surface area contributed by atoms with Crippen molar-refractivity contribution in [1.29, 1.82) is 0 Å². The van der Waals surface area contributed by atoms with Crippen LogP contribution in [0.25, 0.3) is 11.0 Å². The predicted molar refractivity (Wildman–Crippen MR) is 107 cm³/mol. The molecule has 0 saturated carbocycles. The van der Waals surface area contributed by atoms with Gasteiger partial charge in [0.15, 0.2) is 5.82 Å². The molecule has 1 aliphatic heterocycles. The highest BCUT2D eigenvalue weighted by Gasteiger charge is 2.24. The van der Waals surface area contributed by atoms with Gasteiger partial charge in [-0.25, -0.2) is 9.78 Å². The van der Waals surface area contributed by atoms with Crippen LogP contribution in [0.2, 0.25) is 31.0 Å². The number of hydrogen-bond acceptors (Lipinski definition) is 6. The molecular formula is C17H25ClN4O4Si. The molecule has 1 aliphatic rings. The van der Waals surface area contributed by atoms with E-state index >= 15 is 0 Å². The molecule has 1 fully saturated rings. The number of halogens is 1. The molecule has 2 aromatic rings. The van der Waals surface area contributed by atoms with Crippen molar-refractivity contribution in [3.63, 3.8) is 0 Å². The third-order valence-corrected chi connectivity index (χ3v) is 6.32. The summed E-state index contributed by atoms with van der Waals surface area (Å²) >= 11 is 6.10. The molecule has 2 aromatic heterocycles. The Kier molecular flexibility index (Phi) is 6.04. The second kappa shape index (κ2) is 8.13. The van der Waals surface area contributed by atoms with Crippen LogP contribution in [-0.4, -0.2) is 66.6 Å². The Bertz CT molecular complexity index is 830. The quantitative estimate of drug-likeness (QED) is 0.424. The van der Waals surface area contributed by atoms with E-state index in [0.29, 0.717) is 49.8 Å². The highest BCUT2D eigenvalue weighted by molar-refractivity contribution is 6.76. The summed E-state index contributed by atoms with van der Waals surface area (Å²) in [6, 6.07) is 2.53. The van der Waals surface area contributed by atoms with Gasteiger partial charge in [-0.3, -0.25) is 0 Å². The summed E-state index contributed by atoms with van der Waals surface area (Å²) in [5.74, 6) is -0.416. The fraction of sp³-hybridized carbons (Fsp3) is 0.588. The zero-order chi connectivity index (χ0) is 19.6. The third-order valence-electron chi connectivity index (χ3n) is 4.45. The second-order valence-electron chi connectivity index (χ2n) is 7.76. The molecule has 10 heteroatoms. The van der Waals surface area contributed by atoms with Gasteiger partial charge in [-0.15, -0.1) is 0 Å². The highest BCUT2D eigenvalue weighted by Crippen LogP contribution is 2.29. The molecule has 8 nitrogen and oxygen atoms in total. The molecule has 0 aliphatic carbocycles. The zero-order valence-electron chi connectivity index (χ0n) is 15.9. The Labute approximate surface area is 164 Å². The maximum absolute atomic E-state index is 11.8. The van der Waals surface area contributed by atoms with Crippen LogP contribution in [0.5, 0.6) is 0 Å². The maximum Gasteiger partial charge on any atom is 0.352 e. The summed E-state index contributed by atoms with van der Waals surface area (Å²) in [5, 5.41) is 9.73. The lowest BCUT2D eigenvalue weighted by molar-refractivity contribution is 0.0630. The number of nitrogens with zero attached hydrogens (tertiary/aromatic N) is 4. The van der Waals surface area contributed by atoms with Crippen molar-refractivity contribution < 1.29 is 19.4 Å². The van der Waals surface area contributed by atoms with E-state index in [1.165, 1.54) is 6.07 Å². The Morgan fingerprint density at radius 1 is 1.33 bits per heavy atom. The lowest BCUT2D eigenvalue weighted by Gasteiger charge is -2.28. The molecule has 0 unspecified atom stereocenters. The van der Waals surface area contributed by atoms with E-state index in [2.05, 4.69) is 29.6 Å². The van der Waals surface area contributed by atoms with Crippen molar-refractivity contribution in [2.75, 3.05) is 37.8 Å². The number of anilines is 1. The van der Waals surface area contributed by atoms with Crippen LogP contribution in [0.15, 0.2) is 6.07 Å². The first-order chi connectivity index (χ1) is 12.8. The number of morpholine rings is 1. The van der Waals surface area contributed by atoms with Crippen LogP contribution in [0.3, 0.4) is 0 Å². The van der Waals surface area contributed by atoms with Crippen molar-refractivity contribution in [2.45, 2.75) is 32.4 Å². The number of hydrogen-bond donors (Lipinski definition) is 1. The van der Waals surface area contributed by atoms with Crippen molar-refractivity contribution in [3.8, 4) is 0 Å². The first-order valence-electron chi connectivity index (χ1n) is 8.97. The van der Waals surface area contributed by atoms with Crippen LogP contribution in [0.1, 0.15) is 10.5 Å². The number of carbonyl (C=O) groups is 1. The van der Waals surface area contributed by atoms with E-state index in [-0.39, 0.29) is 17.7 Å². The van der Waals surface area contributed by atoms with E-state index < -0.39 is 14.0 Å². The fourth-order valence-corrected chi connectivity index (χ4v) is 3.89. The van der Waals surface area contributed by atoms with Crippen molar-refractivity contribution in [3.05, 3.63) is 17.0 Å². The van der Waals surface area contributed by atoms with Gasteiger partial charge in [0, 0.05) is 27.8 Å². The Hall–Kier alpha value is -1.68. The Morgan fingerprint density at radius 3 is 2.67 bits per heavy atom. The molecule has 0 aromatic carbocycles. The van der Waals surface area contributed by atoms with Crippen LogP contribution < -0.4 is 4.90 Å². The first kappa shape index (κ1) is 20.1. The van der Waals surface area contributed by atoms with Gasteiger partial charge in [0.25, 0.3) is 0 Å². The molecule has 0 bridgehead atoms. The highest BCUT2D eigenvalue weighted by atomic mass is 35.5. The smallest absolute Gasteiger partial charge is 0.352 e. The summed E-state index contributed by atoms with van der Waals surface area (Å²) in [6.07, 6.45) is 0. The van der Waals surface area contributed by atoms with E-state index in [1.54, 1.807) is 4.57 Å². The summed E-state index contributed by atoms with van der Waals surface area (Å²) < 4.78 is 12.9. The standard InChI is InChI=1S/C17H25ClN4O4Si/c1-27(2,3)9-8-26-11-22-13(16(23)24)10-12-14(22)15(20-17(18)19-12)21-4-6-25-7-5-21/h10H,4-9,11H2,1-3H3,(H,23,24). The second-order valence-corrected chi connectivity index (χ2v) is 13.7. The normalized spacial score (nSPS) is 15.5. The third kappa shape index (κ3) is 4.78. The fourth-order valence-electron chi connectivity index (χ4n) is 2.96. The summed E-state index contributed by atoms with van der Waals surface area (Å²) in [6.45, 7) is 10.0. The van der Waals surface area contributed by atoms with Crippen molar-refractivity contribution >= 4 is 42.5 Å². The summed E-state index contributed by atoms with van der Waals surface area (Å²) in [4.78, 5) is 22.4. The molecule has 0 spiro atoms. The molecule has 1 saturated heterocycles. The van der Waals surface area contributed by atoms with Crippen LogP contribution in [-0.2, 0) is 16.2 Å². The number of aromatic nitrogens is 3. The molecule has 3 rings (SSSR count). The van der Waals surface area contributed by atoms with Gasteiger partial charge in [-0.05, 0) is 23.7 Å². The van der Waals surface area contributed by atoms with E-state index in [9.17, 15) is 9.90 Å². The molecule has 3 heterocycles. The molecule has 1 N–H and O–H groups in total. The monoisotopic (exact) mass is 412 g/mol. The first-order valence-corrected chi connectivity index (χ1v) is 13.1. The van der Waals surface area contributed by atoms with Gasteiger partial charge in [0.05, 0.1) is 18.7 Å². The van der Waals surface area contributed by atoms with Gasteiger partial charge in [0.2, 0.25) is 5.28 Å². The molecular weight excluding hydrogens is 388 g/mol. The minimum Gasteiger partial charge on any atom is -0.477 e. The average Bonchev–Trinajstić information content (AvgIpc) is 2.96. The number of aromatic carboxylic acids is 1. The van der Waals surface area contributed by atoms with Gasteiger partial charge < -0.3 is 24.0 Å². The van der Waals surface area contributed by atoms with Gasteiger partial charge in [0.1, 0.15) is 17.9 Å². The Morgan fingerprint density at radius 2 is 2.04 bits per heavy atom. The lowest BCUT2D eigenvalue weighted by atomic mass is 10.3. The number of rotatable bonds is 7. The number of ether oxygens (including phenoxy) is 2. The molecule has 0 amide bonds. The summed E-state index contributed by atoms with van der Waals surface area (Å²) in [7, 11) is -1.23. The number of fused-ring (bicyclic) bond motifs is 1. The zero-order valence-corrected chi connectivity index (χ0v) is 17.6. The van der Waals surface area contributed by atoms with Gasteiger partial charge >= 0.3 is 5.97 Å². The number of carboxylic acid groups (broad SMARTS) is 1. The van der Waals surface area contributed by atoms with E-state index in [4.69, 9.17) is 21.1 Å². The van der Waals surface area contributed by atoms with E-state index in [1.807, 2.05) is 4.90 Å².